The first-order valence-corrected chi connectivity index (χ1v) is 10.9. The molecule has 0 radical (unpaired) electrons. The molecule has 152 valence electrons. The molecule has 1 aromatic carbocycles. The first-order chi connectivity index (χ1) is 13.3. The van der Waals surface area contributed by atoms with Gasteiger partial charge in [-0.3, -0.25) is 4.79 Å². The summed E-state index contributed by atoms with van der Waals surface area (Å²) in [7, 11) is 1.30. The van der Waals surface area contributed by atoms with Gasteiger partial charge in [-0.2, -0.15) is 0 Å². The van der Waals surface area contributed by atoms with Gasteiger partial charge in [-0.25, -0.2) is 13.4 Å². The fourth-order valence-corrected chi connectivity index (χ4v) is 3.00. The number of carbonyl (C=O) groups is 1. The van der Waals surface area contributed by atoms with Crippen LogP contribution in [-0.4, -0.2) is 39.1 Å². The lowest BCUT2D eigenvalue weighted by Gasteiger charge is -2.17. The predicted molar refractivity (Wildman–Crippen MR) is 105 cm³/mol. The van der Waals surface area contributed by atoms with Crippen molar-refractivity contribution < 1.29 is 27.4 Å². The molecule has 10 heteroatoms. The van der Waals surface area contributed by atoms with Crippen molar-refractivity contribution in [1.29, 1.82) is 0 Å². The Balaban J connectivity index is 2.33. The van der Waals surface area contributed by atoms with Crippen molar-refractivity contribution in [2.75, 3.05) is 25.1 Å². The average molecular weight is 429 g/mol. The minimum atomic E-state index is -3.93. The highest BCUT2D eigenvalue weighted by molar-refractivity contribution is 8.13. The number of nitrogens with one attached hydrogen (secondary N) is 1. The van der Waals surface area contributed by atoms with Crippen LogP contribution in [0.25, 0.3) is 0 Å². The quantitative estimate of drug-likeness (QED) is 0.610. The number of rotatable bonds is 9. The van der Waals surface area contributed by atoms with E-state index >= 15 is 0 Å². The molecule has 2 rings (SSSR count). The molecule has 0 aliphatic carbocycles. The highest BCUT2D eigenvalue weighted by Crippen LogP contribution is 2.39. The third-order valence-electron chi connectivity index (χ3n) is 3.42. The summed E-state index contributed by atoms with van der Waals surface area (Å²) in [5.74, 6) is 0.763. The first kappa shape index (κ1) is 21.8. The van der Waals surface area contributed by atoms with Crippen LogP contribution in [0.15, 0.2) is 35.5 Å². The summed E-state index contributed by atoms with van der Waals surface area (Å²) in [6.07, 6.45) is 1.20. The summed E-state index contributed by atoms with van der Waals surface area (Å²) in [5.41, 5.74) is 0.586. The molecule has 1 amide bonds. The molecule has 0 fully saturated rings. The normalized spacial score (nSPS) is 11.0. The summed E-state index contributed by atoms with van der Waals surface area (Å²) in [5, 5.41) is 2.34. The van der Waals surface area contributed by atoms with Crippen molar-refractivity contribution in [2.24, 2.45) is 0 Å². The van der Waals surface area contributed by atoms with Crippen LogP contribution < -0.4 is 19.5 Å². The van der Waals surface area contributed by atoms with Gasteiger partial charge >= 0.3 is 0 Å². The van der Waals surface area contributed by atoms with Crippen molar-refractivity contribution in [1.82, 2.24) is 4.98 Å². The minimum Gasteiger partial charge on any atom is -0.490 e. The summed E-state index contributed by atoms with van der Waals surface area (Å²) in [4.78, 5) is 16.4. The number of anilines is 1. The third-order valence-corrected chi connectivity index (χ3v) is 4.63. The number of amides is 1. The number of halogens is 1. The average Bonchev–Trinajstić information content (AvgIpc) is 2.64. The van der Waals surface area contributed by atoms with Crippen LogP contribution in [0, 0.1) is 0 Å². The van der Waals surface area contributed by atoms with E-state index in [1.54, 1.807) is 12.1 Å². The second-order valence-corrected chi connectivity index (χ2v) is 7.89. The van der Waals surface area contributed by atoms with Crippen LogP contribution in [0.4, 0.5) is 5.69 Å². The van der Waals surface area contributed by atoms with Gasteiger partial charge in [0.05, 0.1) is 31.7 Å². The van der Waals surface area contributed by atoms with E-state index in [1.165, 1.54) is 18.3 Å². The lowest BCUT2D eigenvalue weighted by Crippen LogP contribution is -2.13. The van der Waals surface area contributed by atoms with Gasteiger partial charge in [0.1, 0.15) is 0 Å². The lowest BCUT2D eigenvalue weighted by atomic mass is 10.1. The number of benzene rings is 1. The number of aromatic nitrogens is 1. The summed E-state index contributed by atoms with van der Waals surface area (Å²) >= 11 is 0. The second kappa shape index (κ2) is 9.61. The summed E-state index contributed by atoms with van der Waals surface area (Å²) in [6, 6.07) is 5.70. The number of pyridine rings is 1. The van der Waals surface area contributed by atoms with E-state index < -0.39 is 15.0 Å². The Labute approximate surface area is 168 Å². The molecule has 2 aromatic rings. The van der Waals surface area contributed by atoms with Gasteiger partial charge in [0, 0.05) is 16.2 Å². The smallest absolute Gasteiger partial charge is 0.278 e. The zero-order chi connectivity index (χ0) is 20.7. The van der Waals surface area contributed by atoms with Crippen molar-refractivity contribution in [2.45, 2.75) is 25.8 Å². The number of ether oxygens (including phenoxy) is 3. The number of hydrogen-bond acceptors (Lipinski definition) is 7. The topological polar surface area (TPSA) is 104 Å². The monoisotopic (exact) mass is 428 g/mol. The summed E-state index contributed by atoms with van der Waals surface area (Å²) in [6.45, 7) is 6.66. The van der Waals surface area contributed by atoms with E-state index in [-0.39, 0.29) is 10.6 Å². The molecular weight excluding hydrogens is 408 g/mol. The lowest BCUT2D eigenvalue weighted by molar-refractivity contribution is 0.102. The Bertz CT molecular complexity index is 905. The maximum absolute atomic E-state index is 12.6. The maximum atomic E-state index is 12.6. The standard InChI is InChI=1S/C18H21ClN2O6S/c1-4-25-14-9-12(10-15(26-5-2)17(14)27-6-3)18(22)21-13-7-8-16(20-11-13)28(19,23)24/h7-11H,4-6H2,1-3H3,(H,21,22). The predicted octanol–water partition coefficient (Wildman–Crippen LogP) is 3.46. The van der Waals surface area contributed by atoms with E-state index in [4.69, 9.17) is 24.9 Å². The molecule has 1 aromatic heterocycles. The first-order valence-electron chi connectivity index (χ1n) is 8.58. The van der Waals surface area contributed by atoms with Gasteiger partial charge in [-0.05, 0) is 45.0 Å². The molecule has 28 heavy (non-hydrogen) atoms. The molecule has 1 heterocycles. The van der Waals surface area contributed by atoms with E-state index in [2.05, 4.69) is 10.3 Å². The Kier molecular flexibility index (Phi) is 7.47. The Morgan fingerprint density at radius 1 is 1.04 bits per heavy atom. The van der Waals surface area contributed by atoms with Gasteiger partial charge in [-0.1, -0.05) is 0 Å². The fraction of sp³-hybridized carbons (Fsp3) is 0.333. The van der Waals surface area contributed by atoms with E-state index in [0.717, 1.165) is 0 Å². The van der Waals surface area contributed by atoms with Crippen molar-refractivity contribution in [3.8, 4) is 17.2 Å². The SMILES string of the molecule is CCOc1cc(C(=O)Nc2ccc(S(=O)(=O)Cl)nc2)cc(OCC)c1OCC. The van der Waals surface area contributed by atoms with Crippen molar-refractivity contribution in [3.05, 3.63) is 36.0 Å². The molecule has 1 N–H and O–H groups in total. The van der Waals surface area contributed by atoms with Crippen molar-refractivity contribution in [3.63, 3.8) is 0 Å². The van der Waals surface area contributed by atoms with Crippen LogP contribution >= 0.6 is 10.7 Å². The zero-order valence-electron chi connectivity index (χ0n) is 15.7. The maximum Gasteiger partial charge on any atom is 0.278 e. The molecule has 0 saturated carbocycles. The molecule has 0 bridgehead atoms. The van der Waals surface area contributed by atoms with E-state index in [9.17, 15) is 13.2 Å². The Hall–Kier alpha value is -2.52. The molecule has 0 aliphatic rings. The minimum absolute atomic E-state index is 0.282. The van der Waals surface area contributed by atoms with Crippen LogP contribution in [0.2, 0.25) is 0 Å². The van der Waals surface area contributed by atoms with Gasteiger partial charge in [0.25, 0.3) is 15.0 Å². The second-order valence-electron chi connectivity index (χ2n) is 5.38. The molecule has 0 unspecified atom stereocenters. The van der Waals surface area contributed by atoms with E-state index in [1.807, 2.05) is 20.8 Å². The number of carbonyl (C=O) groups excluding carboxylic acids is 1. The largest absolute Gasteiger partial charge is 0.490 e. The molecule has 0 saturated heterocycles. The summed E-state index contributed by atoms with van der Waals surface area (Å²) < 4.78 is 39.3. The van der Waals surface area contributed by atoms with Crippen LogP contribution in [0.1, 0.15) is 31.1 Å². The van der Waals surface area contributed by atoms with Gasteiger partial charge < -0.3 is 19.5 Å². The van der Waals surface area contributed by atoms with Gasteiger partial charge in [-0.15, -0.1) is 0 Å². The zero-order valence-corrected chi connectivity index (χ0v) is 17.3. The van der Waals surface area contributed by atoms with E-state index in [0.29, 0.717) is 42.8 Å². The fourth-order valence-electron chi connectivity index (χ4n) is 2.32. The van der Waals surface area contributed by atoms with Gasteiger partial charge in [0.15, 0.2) is 16.5 Å². The van der Waals surface area contributed by atoms with Crippen LogP contribution in [0.3, 0.4) is 0 Å². The Morgan fingerprint density at radius 2 is 1.61 bits per heavy atom. The Morgan fingerprint density at radius 3 is 2.04 bits per heavy atom. The molecule has 0 atom stereocenters. The molecule has 8 nitrogen and oxygen atoms in total. The van der Waals surface area contributed by atoms with Crippen LogP contribution in [0.5, 0.6) is 17.2 Å². The third kappa shape index (κ3) is 5.49. The molecule has 0 spiro atoms. The highest BCUT2D eigenvalue weighted by Gasteiger charge is 2.19. The number of hydrogen-bond donors (Lipinski definition) is 1. The highest BCUT2D eigenvalue weighted by atomic mass is 35.7. The van der Waals surface area contributed by atoms with Crippen molar-refractivity contribution >= 4 is 31.3 Å². The van der Waals surface area contributed by atoms with Crippen LogP contribution in [-0.2, 0) is 9.05 Å². The molecule has 0 aliphatic heterocycles. The van der Waals surface area contributed by atoms with Gasteiger partial charge in [0.2, 0.25) is 5.75 Å². The number of nitrogens with zero attached hydrogens (tertiary/aromatic N) is 1. The molecular formula is C18H21ClN2O6S.